The second-order valence-corrected chi connectivity index (χ2v) is 8.05. The standard InChI is InChI=1S/C21H25F3N6O3/c1-13-11-30-12-16-18-25-9-15(33-18)10-26-20(31)28-14(6-7-21(22,23)24)5-3-2-4-8-32-19(29-16)17(30)27-13/h9,11-12,14H,2-8,10H2,1H3,(H2,26,28,31). The molecule has 2 amide bonds. The molecule has 12 heteroatoms. The second-order valence-electron chi connectivity index (χ2n) is 8.05. The number of hydrogen-bond donors (Lipinski definition) is 2. The molecule has 1 aliphatic rings. The van der Waals surface area contributed by atoms with E-state index in [-0.39, 0.29) is 18.9 Å². The molecule has 4 heterocycles. The molecule has 1 atom stereocenters. The van der Waals surface area contributed by atoms with Gasteiger partial charge in [-0.1, -0.05) is 6.42 Å². The molecule has 1 unspecified atom stereocenters. The van der Waals surface area contributed by atoms with Gasteiger partial charge in [0.05, 0.1) is 25.0 Å². The number of aromatic nitrogens is 4. The fourth-order valence-electron chi connectivity index (χ4n) is 3.67. The number of rotatable bonds is 2. The first-order valence-electron chi connectivity index (χ1n) is 10.8. The van der Waals surface area contributed by atoms with Crippen LogP contribution in [-0.4, -0.2) is 44.2 Å². The summed E-state index contributed by atoms with van der Waals surface area (Å²) in [4.78, 5) is 25.5. The number of nitrogens with zero attached hydrogens (tertiary/aromatic N) is 4. The summed E-state index contributed by atoms with van der Waals surface area (Å²) in [5, 5.41) is 5.26. The number of carbonyl (C=O) groups is 1. The van der Waals surface area contributed by atoms with Gasteiger partial charge in [-0.2, -0.15) is 13.2 Å². The van der Waals surface area contributed by atoms with E-state index < -0.39 is 24.7 Å². The van der Waals surface area contributed by atoms with Crippen molar-refractivity contribution in [2.45, 2.75) is 64.2 Å². The predicted octanol–water partition coefficient (Wildman–Crippen LogP) is 4.16. The molecule has 0 aromatic carbocycles. The highest BCUT2D eigenvalue weighted by Gasteiger charge is 2.28. The van der Waals surface area contributed by atoms with E-state index in [2.05, 4.69) is 25.6 Å². The molecule has 2 N–H and O–H groups in total. The third-order valence-electron chi connectivity index (χ3n) is 5.27. The molecule has 0 aliphatic carbocycles. The van der Waals surface area contributed by atoms with Crippen molar-refractivity contribution in [3.05, 3.63) is 30.0 Å². The average molecular weight is 466 g/mol. The maximum atomic E-state index is 12.7. The molecule has 0 fully saturated rings. The fraction of sp³-hybridized carbons (Fsp3) is 0.524. The highest BCUT2D eigenvalue weighted by Crippen LogP contribution is 2.25. The molecule has 0 saturated heterocycles. The number of nitrogens with one attached hydrogen (secondary N) is 2. The van der Waals surface area contributed by atoms with Gasteiger partial charge >= 0.3 is 12.2 Å². The first-order chi connectivity index (χ1) is 15.8. The number of hydrogen-bond acceptors (Lipinski definition) is 6. The van der Waals surface area contributed by atoms with Gasteiger partial charge in [-0.3, -0.25) is 4.40 Å². The van der Waals surface area contributed by atoms with Crippen molar-refractivity contribution < 1.29 is 27.1 Å². The minimum absolute atomic E-state index is 0.0284. The topological polar surface area (TPSA) is 107 Å². The van der Waals surface area contributed by atoms with Crippen molar-refractivity contribution >= 4 is 11.7 Å². The molecule has 4 bridgehead atoms. The van der Waals surface area contributed by atoms with Crippen molar-refractivity contribution in [1.82, 2.24) is 30.0 Å². The lowest BCUT2D eigenvalue weighted by Gasteiger charge is -2.20. The zero-order valence-corrected chi connectivity index (χ0v) is 18.1. The Morgan fingerprint density at radius 2 is 2.06 bits per heavy atom. The Morgan fingerprint density at radius 1 is 1.21 bits per heavy atom. The minimum Gasteiger partial charge on any atom is -0.475 e. The van der Waals surface area contributed by atoms with Gasteiger partial charge in [-0.25, -0.2) is 19.7 Å². The number of halogens is 3. The molecule has 1 aliphatic heterocycles. The number of alkyl halides is 3. The predicted molar refractivity (Wildman–Crippen MR) is 112 cm³/mol. The number of aryl methyl sites for hydroxylation is 1. The van der Waals surface area contributed by atoms with Crippen LogP contribution in [0, 0.1) is 6.92 Å². The number of amides is 2. The van der Waals surface area contributed by atoms with Crippen LogP contribution in [0.2, 0.25) is 0 Å². The average Bonchev–Trinajstić information content (AvgIpc) is 3.37. The first kappa shape index (κ1) is 22.9. The number of fused-ring (bicyclic) bond motifs is 7. The maximum absolute atomic E-state index is 12.7. The summed E-state index contributed by atoms with van der Waals surface area (Å²) in [5.74, 6) is 0.975. The number of carbonyl (C=O) groups excluding carboxylic acids is 1. The Kier molecular flexibility index (Phi) is 6.70. The largest absolute Gasteiger partial charge is 0.475 e. The Balaban J connectivity index is 1.54. The quantitative estimate of drug-likeness (QED) is 0.588. The van der Waals surface area contributed by atoms with Crippen molar-refractivity contribution in [3.8, 4) is 17.5 Å². The van der Waals surface area contributed by atoms with Crippen LogP contribution in [0.1, 0.15) is 50.0 Å². The molecular weight excluding hydrogens is 441 g/mol. The molecule has 3 aromatic rings. The summed E-state index contributed by atoms with van der Waals surface area (Å²) < 4.78 is 51.5. The van der Waals surface area contributed by atoms with Gasteiger partial charge in [-0.15, -0.1) is 0 Å². The van der Waals surface area contributed by atoms with Gasteiger partial charge in [0.25, 0.3) is 5.88 Å². The Hall–Kier alpha value is -3.31. The summed E-state index contributed by atoms with van der Waals surface area (Å²) in [7, 11) is 0. The van der Waals surface area contributed by atoms with Crippen LogP contribution in [0.3, 0.4) is 0 Å². The number of oxazole rings is 1. The summed E-state index contributed by atoms with van der Waals surface area (Å²) in [6.07, 6.45) is 2.15. The molecule has 4 rings (SSSR count). The van der Waals surface area contributed by atoms with Gasteiger partial charge in [0, 0.05) is 24.9 Å². The van der Waals surface area contributed by atoms with E-state index in [0.29, 0.717) is 48.9 Å². The molecule has 0 radical (unpaired) electrons. The van der Waals surface area contributed by atoms with Gasteiger partial charge in [0.15, 0.2) is 0 Å². The van der Waals surface area contributed by atoms with Gasteiger partial charge in [0.2, 0.25) is 11.5 Å². The smallest absolute Gasteiger partial charge is 0.389 e. The lowest BCUT2D eigenvalue weighted by molar-refractivity contribution is -0.136. The van der Waals surface area contributed by atoms with E-state index in [1.807, 2.05) is 13.1 Å². The van der Waals surface area contributed by atoms with Gasteiger partial charge < -0.3 is 19.8 Å². The zero-order chi connectivity index (χ0) is 23.4. The number of urea groups is 1. The Morgan fingerprint density at radius 3 is 2.88 bits per heavy atom. The van der Waals surface area contributed by atoms with E-state index >= 15 is 0 Å². The Labute approximate surface area is 187 Å². The summed E-state index contributed by atoms with van der Waals surface area (Å²) in [6.45, 7) is 2.26. The molecule has 0 saturated carbocycles. The lowest BCUT2D eigenvalue weighted by Crippen LogP contribution is -2.42. The third-order valence-corrected chi connectivity index (χ3v) is 5.27. The summed E-state index contributed by atoms with van der Waals surface area (Å²) in [6, 6.07) is -1.14. The number of imidazole rings is 1. The van der Waals surface area contributed by atoms with Crippen molar-refractivity contribution in [2.24, 2.45) is 0 Å². The molecule has 33 heavy (non-hydrogen) atoms. The molecular formula is C21H25F3N6O3. The van der Waals surface area contributed by atoms with Crippen LogP contribution >= 0.6 is 0 Å². The van der Waals surface area contributed by atoms with Gasteiger partial charge in [0.1, 0.15) is 11.5 Å². The van der Waals surface area contributed by atoms with Crippen LogP contribution in [0.15, 0.2) is 23.0 Å². The second kappa shape index (κ2) is 9.67. The van der Waals surface area contributed by atoms with Crippen molar-refractivity contribution in [3.63, 3.8) is 0 Å². The maximum Gasteiger partial charge on any atom is 0.389 e. The van der Waals surface area contributed by atoms with E-state index in [1.54, 1.807) is 10.6 Å². The van der Waals surface area contributed by atoms with Crippen LogP contribution < -0.4 is 15.4 Å². The highest BCUT2D eigenvalue weighted by atomic mass is 19.4. The van der Waals surface area contributed by atoms with Crippen LogP contribution in [-0.2, 0) is 6.54 Å². The molecule has 178 valence electrons. The van der Waals surface area contributed by atoms with Crippen LogP contribution in [0.25, 0.3) is 17.2 Å². The molecule has 0 spiro atoms. The molecule has 3 aromatic heterocycles. The lowest BCUT2D eigenvalue weighted by atomic mass is 10.0. The van der Waals surface area contributed by atoms with Crippen molar-refractivity contribution in [1.29, 1.82) is 0 Å². The normalized spacial score (nSPS) is 18.3. The SMILES string of the molecule is Cc1cn2cc3nc(c2n1)OCCCCCC(CCC(F)(F)F)NC(=O)NCc1cnc-3o1. The van der Waals surface area contributed by atoms with E-state index in [4.69, 9.17) is 9.15 Å². The van der Waals surface area contributed by atoms with Gasteiger partial charge in [-0.05, 0) is 32.6 Å². The highest BCUT2D eigenvalue weighted by molar-refractivity contribution is 5.74. The van der Waals surface area contributed by atoms with E-state index in [0.717, 1.165) is 12.1 Å². The monoisotopic (exact) mass is 466 g/mol. The minimum atomic E-state index is -4.27. The third kappa shape index (κ3) is 6.14. The summed E-state index contributed by atoms with van der Waals surface area (Å²) in [5.41, 5.74) is 1.82. The zero-order valence-electron chi connectivity index (χ0n) is 18.1. The van der Waals surface area contributed by atoms with Crippen molar-refractivity contribution in [2.75, 3.05) is 6.61 Å². The first-order valence-corrected chi connectivity index (χ1v) is 10.8. The summed E-state index contributed by atoms with van der Waals surface area (Å²) >= 11 is 0. The van der Waals surface area contributed by atoms with Crippen LogP contribution in [0.5, 0.6) is 5.88 Å². The molecule has 9 nitrogen and oxygen atoms in total. The Bertz CT molecular complexity index is 1110. The van der Waals surface area contributed by atoms with E-state index in [9.17, 15) is 18.0 Å². The van der Waals surface area contributed by atoms with Crippen LogP contribution in [0.4, 0.5) is 18.0 Å². The van der Waals surface area contributed by atoms with E-state index in [1.165, 1.54) is 6.20 Å². The number of ether oxygens (including phenoxy) is 1. The fourth-order valence-corrected chi connectivity index (χ4v) is 3.67.